The van der Waals surface area contributed by atoms with Crippen LogP contribution in [0.3, 0.4) is 0 Å². The highest BCUT2D eigenvalue weighted by Crippen LogP contribution is 2.49. The van der Waals surface area contributed by atoms with E-state index in [4.69, 9.17) is 0 Å². The van der Waals surface area contributed by atoms with Gasteiger partial charge in [0.1, 0.15) is 0 Å². The van der Waals surface area contributed by atoms with Crippen LogP contribution in [0.15, 0.2) is 83.2 Å². The summed E-state index contributed by atoms with van der Waals surface area (Å²) in [6, 6.07) is 21.4. The molecule has 3 aromatic carbocycles. The van der Waals surface area contributed by atoms with Crippen molar-refractivity contribution < 1.29 is 0 Å². The molecule has 0 unspecified atom stereocenters. The van der Waals surface area contributed by atoms with Crippen LogP contribution in [0.1, 0.15) is 0 Å². The molecule has 96 valence electrons. The Morgan fingerprint density at radius 3 is 2.30 bits per heavy atom. The lowest BCUT2D eigenvalue weighted by Gasteiger charge is -2.30. The van der Waals surface area contributed by atoms with Crippen LogP contribution >= 0.6 is 11.8 Å². The number of para-hydroxylation sites is 1. The lowest BCUT2D eigenvalue weighted by Crippen LogP contribution is -2.13. The molecule has 3 aromatic rings. The Morgan fingerprint density at radius 1 is 0.800 bits per heavy atom. The summed E-state index contributed by atoms with van der Waals surface area (Å²) >= 11 is 1.83. The highest BCUT2D eigenvalue weighted by molar-refractivity contribution is 7.99. The Morgan fingerprint density at radius 2 is 1.50 bits per heavy atom. The van der Waals surface area contributed by atoms with Crippen molar-refractivity contribution in [2.75, 3.05) is 4.90 Å². The van der Waals surface area contributed by atoms with E-state index in [2.05, 4.69) is 72.1 Å². The summed E-state index contributed by atoms with van der Waals surface area (Å²) in [4.78, 5) is 4.73. The van der Waals surface area contributed by atoms with Gasteiger partial charge in [-0.3, -0.25) is 0 Å². The molecular formula is C18H13NS. The molecule has 0 atom stereocenters. The van der Waals surface area contributed by atoms with Crippen molar-refractivity contribution in [2.45, 2.75) is 9.79 Å². The maximum absolute atomic E-state index is 3.98. The van der Waals surface area contributed by atoms with Gasteiger partial charge >= 0.3 is 0 Å². The minimum Gasteiger partial charge on any atom is -0.315 e. The molecule has 0 spiro atoms. The van der Waals surface area contributed by atoms with E-state index in [1.54, 1.807) is 0 Å². The van der Waals surface area contributed by atoms with Gasteiger partial charge < -0.3 is 4.90 Å². The normalized spacial score (nSPS) is 12.9. The third-order valence-electron chi connectivity index (χ3n) is 3.61. The van der Waals surface area contributed by atoms with Crippen LogP contribution in [0.25, 0.3) is 10.8 Å². The van der Waals surface area contributed by atoms with E-state index in [0.717, 1.165) is 0 Å². The minimum absolute atomic E-state index is 1.20. The molecule has 1 aliphatic rings. The molecule has 0 aromatic heterocycles. The van der Waals surface area contributed by atoms with Crippen molar-refractivity contribution in [2.24, 2.45) is 0 Å². The maximum Gasteiger partial charge on any atom is 0.0601 e. The van der Waals surface area contributed by atoms with Gasteiger partial charge in [0.25, 0.3) is 0 Å². The predicted octanol–water partition coefficient (Wildman–Crippen LogP) is 5.59. The monoisotopic (exact) mass is 275 g/mol. The van der Waals surface area contributed by atoms with Gasteiger partial charge in [0.05, 0.1) is 11.4 Å². The molecule has 0 fully saturated rings. The van der Waals surface area contributed by atoms with Crippen molar-refractivity contribution >= 4 is 33.9 Å². The molecule has 0 saturated carbocycles. The lowest BCUT2D eigenvalue weighted by molar-refractivity contribution is 1.17. The van der Waals surface area contributed by atoms with Crippen molar-refractivity contribution in [3.05, 3.63) is 73.4 Å². The Bertz CT molecular complexity index is 823. The number of anilines is 2. The molecule has 1 nitrogen and oxygen atoms in total. The van der Waals surface area contributed by atoms with E-state index in [-0.39, 0.29) is 0 Å². The van der Waals surface area contributed by atoms with Crippen LogP contribution in [0.4, 0.5) is 11.4 Å². The van der Waals surface area contributed by atoms with Crippen LogP contribution < -0.4 is 4.90 Å². The van der Waals surface area contributed by atoms with E-state index >= 15 is 0 Å². The van der Waals surface area contributed by atoms with Crippen LogP contribution in [-0.2, 0) is 0 Å². The van der Waals surface area contributed by atoms with Crippen LogP contribution in [0, 0.1) is 0 Å². The van der Waals surface area contributed by atoms with Crippen molar-refractivity contribution in [1.82, 2.24) is 0 Å². The molecule has 0 aliphatic carbocycles. The second kappa shape index (κ2) is 4.43. The van der Waals surface area contributed by atoms with Gasteiger partial charge in [-0.15, -0.1) is 0 Å². The molecular weight excluding hydrogens is 262 g/mol. The maximum atomic E-state index is 3.98. The SMILES string of the molecule is C=CN1c2ccccc2Sc2cc3ccccc3cc21. The summed E-state index contributed by atoms with van der Waals surface area (Å²) in [5, 5.41) is 2.54. The highest BCUT2D eigenvalue weighted by Gasteiger charge is 2.21. The number of fused-ring (bicyclic) bond motifs is 3. The Kier molecular flexibility index (Phi) is 2.57. The zero-order valence-electron chi connectivity index (χ0n) is 10.9. The molecule has 20 heavy (non-hydrogen) atoms. The molecule has 2 heteroatoms. The number of hydrogen-bond donors (Lipinski definition) is 0. The highest BCUT2D eigenvalue weighted by atomic mass is 32.2. The first-order valence-corrected chi connectivity index (χ1v) is 7.40. The van der Waals surface area contributed by atoms with Crippen molar-refractivity contribution in [3.63, 3.8) is 0 Å². The number of nitrogens with zero attached hydrogens (tertiary/aromatic N) is 1. The fourth-order valence-electron chi connectivity index (χ4n) is 2.66. The summed E-state index contributed by atoms with van der Waals surface area (Å²) in [5.41, 5.74) is 2.41. The molecule has 1 aliphatic heterocycles. The second-order valence-electron chi connectivity index (χ2n) is 4.79. The summed E-state index contributed by atoms with van der Waals surface area (Å²) in [6.07, 6.45) is 1.90. The second-order valence-corrected chi connectivity index (χ2v) is 5.87. The molecule has 0 N–H and O–H groups in total. The van der Waals surface area contributed by atoms with Gasteiger partial charge in [-0.1, -0.05) is 54.7 Å². The number of hydrogen-bond acceptors (Lipinski definition) is 2. The first-order chi connectivity index (χ1) is 9.86. The quantitative estimate of drug-likeness (QED) is 0.570. The van der Waals surface area contributed by atoms with Crippen LogP contribution in [0.2, 0.25) is 0 Å². The average molecular weight is 275 g/mol. The van der Waals surface area contributed by atoms with E-state index in [9.17, 15) is 0 Å². The fourth-order valence-corrected chi connectivity index (χ4v) is 3.77. The zero-order chi connectivity index (χ0) is 13.5. The third kappa shape index (κ3) is 1.65. The van der Waals surface area contributed by atoms with Crippen molar-refractivity contribution in [3.8, 4) is 0 Å². The van der Waals surface area contributed by atoms with E-state index < -0.39 is 0 Å². The van der Waals surface area contributed by atoms with Crippen molar-refractivity contribution in [1.29, 1.82) is 0 Å². The summed E-state index contributed by atoms with van der Waals surface area (Å²) in [5.74, 6) is 0. The molecule has 0 radical (unpaired) electrons. The molecule has 1 heterocycles. The lowest BCUT2D eigenvalue weighted by atomic mass is 10.1. The standard InChI is InChI=1S/C18H13NS/c1-2-19-15-9-5-6-10-17(15)20-18-12-14-8-4-3-7-13(14)11-16(18)19/h2-12H,1H2. The summed E-state index contributed by atoms with van der Waals surface area (Å²) in [6.45, 7) is 3.98. The zero-order valence-corrected chi connectivity index (χ0v) is 11.7. The minimum atomic E-state index is 1.20. The van der Waals surface area contributed by atoms with Gasteiger partial charge in [0.15, 0.2) is 0 Å². The average Bonchev–Trinajstić information content (AvgIpc) is 2.50. The fraction of sp³-hybridized carbons (Fsp3) is 0. The van der Waals surface area contributed by atoms with E-state index in [0.29, 0.717) is 0 Å². The van der Waals surface area contributed by atoms with Gasteiger partial charge in [0.2, 0.25) is 0 Å². The van der Waals surface area contributed by atoms with E-state index in [1.807, 2.05) is 18.0 Å². The van der Waals surface area contributed by atoms with E-state index in [1.165, 1.54) is 31.9 Å². The molecule has 0 amide bonds. The van der Waals surface area contributed by atoms with Gasteiger partial charge in [-0.05, 0) is 35.0 Å². The molecule has 0 bridgehead atoms. The third-order valence-corrected chi connectivity index (χ3v) is 4.73. The predicted molar refractivity (Wildman–Crippen MR) is 86.8 cm³/mol. The number of rotatable bonds is 1. The first-order valence-electron chi connectivity index (χ1n) is 6.58. The smallest absolute Gasteiger partial charge is 0.0601 e. The Balaban J connectivity index is 2.00. The topological polar surface area (TPSA) is 3.24 Å². The Hall–Kier alpha value is -2.19. The summed E-state index contributed by atoms with van der Waals surface area (Å²) in [7, 11) is 0. The Labute approximate surface area is 122 Å². The largest absolute Gasteiger partial charge is 0.315 e. The molecule has 4 rings (SSSR count). The molecule has 0 saturated heterocycles. The van der Waals surface area contributed by atoms with Gasteiger partial charge in [0, 0.05) is 16.0 Å². The first kappa shape index (κ1) is 11.6. The van der Waals surface area contributed by atoms with Crippen LogP contribution in [0.5, 0.6) is 0 Å². The number of benzene rings is 3. The van der Waals surface area contributed by atoms with Crippen LogP contribution in [-0.4, -0.2) is 0 Å². The van der Waals surface area contributed by atoms with Gasteiger partial charge in [-0.2, -0.15) is 0 Å². The summed E-state index contributed by atoms with van der Waals surface area (Å²) < 4.78 is 0. The van der Waals surface area contributed by atoms with Gasteiger partial charge in [-0.25, -0.2) is 0 Å².